The molecule has 2 heterocycles. The molecule has 1 fully saturated rings. The number of hydrogen-bond acceptors (Lipinski definition) is 7. The fourth-order valence-electron chi connectivity index (χ4n) is 4.37. The number of nitrogens with one attached hydrogen (secondary N) is 3. The molecule has 1 aliphatic rings. The molecule has 1 amide bonds. The average Bonchev–Trinajstić information content (AvgIpc) is 3.28. The number of carbonyl (C=O) groups excluding carboxylic acids is 1. The second-order valence-electron chi connectivity index (χ2n) is 10.6. The monoisotopic (exact) mass is 514 g/mol. The van der Waals surface area contributed by atoms with Gasteiger partial charge in [-0.05, 0) is 70.9 Å². The second-order valence-corrected chi connectivity index (χ2v) is 10.6. The molecule has 0 atom stereocenters. The lowest BCUT2D eigenvalue weighted by atomic mass is 9.83. The zero-order chi connectivity index (χ0) is 26.7. The van der Waals surface area contributed by atoms with Gasteiger partial charge in [0.15, 0.2) is 18.2 Å². The van der Waals surface area contributed by atoms with E-state index in [1.165, 1.54) is 19.3 Å². The lowest BCUT2D eigenvalue weighted by molar-refractivity contribution is -0.124. The van der Waals surface area contributed by atoms with Gasteiger partial charge in [0.05, 0.1) is 12.1 Å². The smallest absolute Gasteiger partial charge is 0.258 e. The summed E-state index contributed by atoms with van der Waals surface area (Å²) in [5, 5.41) is 14.8. The lowest BCUT2D eigenvalue weighted by Crippen LogP contribution is -2.43. The molecule has 2 aromatic carbocycles. The van der Waals surface area contributed by atoms with Gasteiger partial charge in [-0.1, -0.05) is 18.6 Å². The Labute approximate surface area is 222 Å². The highest BCUT2D eigenvalue weighted by atomic mass is 16.5. The Hall–Kier alpha value is -4.14. The summed E-state index contributed by atoms with van der Waals surface area (Å²) in [5.41, 5.74) is 2.37. The van der Waals surface area contributed by atoms with E-state index in [-0.39, 0.29) is 18.1 Å². The number of rotatable bonds is 9. The summed E-state index contributed by atoms with van der Waals surface area (Å²) in [6.45, 7) is 8.25. The maximum atomic E-state index is 12.2. The van der Waals surface area contributed by atoms with Crippen molar-refractivity contribution in [2.24, 2.45) is 0 Å². The van der Waals surface area contributed by atoms with Crippen molar-refractivity contribution >= 4 is 28.4 Å². The van der Waals surface area contributed by atoms with E-state index < -0.39 is 0 Å². The van der Waals surface area contributed by atoms with E-state index in [1.54, 1.807) is 0 Å². The van der Waals surface area contributed by atoms with Gasteiger partial charge in [-0.25, -0.2) is 9.97 Å². The first-order valence-electron chi connectivity index (χ1n) is 13.1. The van der Waals surface area contributed by atoms with Gasteiger partial charge in [0.1, 0.15) is 17.3 Å². The molecule has 9 nitrogen and oxygen atoms in total. The third-order valence-electron chi connectivity index (χ3n) is 6.34. The van der Waals surface area contributed by atoms with Gasteiger partial charge in [0.25, 0.3) is 5.91 Å². The minimum absolute atomic E-state index is 0.0746. The quantitative estimate of drug-likeness (QED) is 0.262. The highest BCUT2D eigenvalue weighted by Crippen LogP contribution is 2.37. The first-order valence-corrected chi connectivity index (χ1v) is 13.1. The number of aromatic nitrogens is 4. The minimum atomic E-state index is -0.320. The Kier molecular flexibility index (Phi) is 7.18. The van der Waals surface area contributed by atoms with E-state index in [1.807, 2.05) is 70.2 Å². The van der Waals surface area contributed by atoms with E-state index in [0.29, 0.717) is 35.7 Å². The average molecular weight is 515 g/mol. The number of hydrogen-bond donors (Lipinski definition) is 3. The Morgan fingerprint density at radius 2 is 1.87 bits per heavy atom. The van der Waals surface area contributed by atoms with Crippen molar-refractivity contribution in [1.29, 1.82) is 0 Å². The topological polar surface area (TPSA) is 114 Å². The fourth-order valence-corrected chi connectivity index (χ4v) is 4.37. The van der Waals surface area contributed by atoms with E-state index in [4.69, 9.17) is 19.4 Å². The van der Waals surface area contributed by atoms with Gasteiger partial charge >= 0.3 is 0 Å². The van der Waals surface area contributed by atoms with Gasteiger partial charge < -0.3 is 20.1 Å². The number of H-pyrrole nitrogens is 1. The highest BCUT2D eigenvalue weighted by Gasteiger charge is 2.22. The maximum Gasteiger partial charge on any atom is 0.258 e. The maximum absolute atomic E-state index is 12.2. The van der Waals surface area contributed by atoms with Crippen molar-refractivity contribution < 1.29 is 14.3 Å². The summed E-state index contributed by atoms with van der Waals surface area (Å²) >= 11 is 0. The standard InChI is InChI=1S/C29H34N6O3/c1-5-37-21-12-13-23-22(15-21)28(31-25-16-24(34-35-25)18-8-6-9-18)32-27(30-23)19-10-7-11-20(14-19)38-17-26(36)33-29(2,3)4/h7,10-16,18H,5-6,8-9,17H2,1-4H3,(H,33,36)(H2,30,31,32,34,35). The van der Waals surface area contributed by atoms with Crippen LogP contribution in [-0.2, 0) is 4.79 Å². The van der Waals surface area contributed by atoms with Crippen molar-refractivity contribution in [3.63, 3.8) is 0 Å². The van der Waals surface area contributed by atoms with Crippen LogP contribution in [0.1, 0.15) is 58.6 Å². The predicted octanol–water partition coefficient (Wildman–Crippen LogP) is 5.72. The van der Waals surface area contributed by atoms with E-state index in [9.17, 15) is 4.79 Å². The first kappa shape index (κ1) is 25.5. The summed E-state index contributed by atoms with van der Waals surface area (Å²) in [6.07, 6.45) is 3.64. The summed E-state index contributed by atoms with van der Waals surface area (Å²) < 4.78 is 11.5. The molecular weight excluding hydrogens is 480 g/mol. The van der Waals surface area contributed by atoms with Crippen LogP contribution in [0.5, 0.6) is 11.5 Å². The van der Waals surface area contributed by atoms with Gasteiger partial charge in [-0.15, -0.1) is 0 Å². The summed E-state index contributed by atoms with van der Waals surface area (Å²) in [5.74, 6) is 3.56. The molecule has 0 spiro atoms. The summed E-state index contributed by atoms with van der Waals surface area (Å²) in [6, 6.07) is 15.3. The van der Waals surface area contributed by atoms with Crippen LogP contribution in [0.3, 0.4) is 0 Å². The molecule has 1 aliphatic carbocycles. The van der Waals surface area contributed by atoms with Gasteiger partial charge in [-0.3, -0.25) is 9.89 Å². The van der Waals surface area contributed by atoms with Gasteiger partial charge in [0.2, 0.25) is 0 Å². The van der Waals surface area contributed by atoms with Crippen molar-refractivity contribution in [3.05, 3.63) is 54.2 Å². The molecule has 5 rings (SSSR count). The van der Waals surface area contributed by atoms with Crippen molar-refractivity contribution in [2.75, 3.05) is 18.5 Å². The van der Waals surface area contributed by atoms with Gasteiger partial charge in [0, 0.05) is 34.2 Å². The lowest BCUT2D eigenvalue weighted by Gasteiger charge is -2.23. The number of aromatic amines is 1. The number of fused-ring (bicyclic) bond motifs is 1. The first-order chi connectivity index (χ1) is 18.3. The van der Waals surface area contributed by atoms with Crippen LogP contribution in [0.2, 0.25) is 0 Å². The van der Waals surface area contributed by atoms with Crippen molar-refractivity contribution in [3.8, 4) is 22.9 Å². The molecule has 38 heavy (non-hydrogen) atoms. The van der Waals surface area contributed by atoms with Crippen LogP contribution in [0.4, 0.5) is 11.6 Å². The molecule has 198 valence electrons. The van der Waals surface area contributed by atoms with Crippen molar-refractivity contribution in [1.82, 2.24) is 25.5 Å². The number of benzene rings is 2. The molecule has 4 aromatic rings. The zero-order valence-electron chi connectivity index (χ0n) is 22.3. The number of amides is 1. The SMILES string of the molecule is CCOc1ccc2nc(-c3cccc(OCC(=O)NC(C)(C)C)c3)nc(Nc3cc(C4CCC4)[nH]n3)c2c1. The Morgan fingerprint density at radius 1 is 1.05 bits per heavy atom. The number of ether oxygens (including phenoxy) is 2. The van der Waals surface area contributed by atoms with Crippen LogP contribution in [0.15, 0.2) is 48.5 Å². The Balaban J connectivity index is 1.44. The molecular formula is C29H34N6O3. The Morgan fingerprint density at radius 3 is 2.61 bits per heavy atom. The van der Waals surface area contributed by atoms with Crippen LogP contribution in [0, 0.1) is 0 Å². The molecule has 9 heteroatoms. The molecule has 0 aliphatic heterocycles. The normalized spacial score (nSPS) is 13.7. The third kappa shape index (κ3) is 6.04. The van der Waals surface area contributed by atoms with Crippen molar-refractivity contribution in [2.45, 2.75) is 58.4 Å². The third-order valence-corrected chi connectivity index (χ3v) is 6.34. The fraction of sp³-hybridized carbons (Fsp3) is 0.379. The summed E-state index contributed by atoms with van der Waals surface area (Å²) in [7, 11) is 0. The highest BCUT2D eigenvalue weighted by molar-refractivity contribution is 5.93. The molecule has 0 radical (unpaired) electrons. The summed E-state index contributed by atoms with van der Waals surface area (Å²) in [4.78, 5) is 21.9. The molecule has 1 saturated carbocycles. The van der Waals surface area contributed by atoms with Crippen LogP contribution >= 0.6 is 0 Å². The van der Waals surface area contributed by atoms with E-state index in [2.05, 4.69) is 26.9 Å². The number of carbonyl (C=O) groups is 1. The number of nitrogens with zero attached hydrogens (tertiary/aromatic N) is 3. The van der Waals surface area contributed by atoms with Gasteiger partial charge in [-0.2, -0.15) is 5.10 Å². The Bertz CT molecular complexity index is 1440. The molecule has 0 saturated heterocycles. The second kappa shape index (κ2) is 10.7. The molecule has 0 bridgehead atoms. The molecule has 3 N–H and O–H groups in total. The van der Waals surface area contributed by atoms with Crippen LogP contribution in [-0.4, -0.2) is 44.8 Å². The predicted molar refractivity (Wildman–Crippen MR) is 148 cm³/mol. The molecule has 2 aromatic heterocycles. The zero-order valence-corrected chi connectivity index (χ0v) is 22.3. The number of anilines is 2. The van der Waals surface area contributed by atoms with Crippen LogP contribution in [0.25, 0.3) is 22.3 Å². The van der Waals surface area contributed by atoms with E-state index in [0.717, 1.165) is 27.9 Å². The minimum Gasteiger partial charge on any atom is -0.494 e. The molecule has 0 unspecified atom stereocenters. The largest absolute Gasteiger partial charge is 0.494 e. The van der Waals surface area contributed by atoms with Crippen LogP contribution < -0.4 is 20.1 Å². The van der Waals surface area contributed by atoms with E-state index >= 15 is 0 Å².